The first-order valence-corrected chi connectivity index (χ1v) is 10.1. The number of benzene rings is 2. The van der Waals surface area contributed by atoms with Crippen LogP contribution >= 0.6 is 11.6 Å². The second kappa shape index (κ2) is 7.51. The molecule has 0 spiro atoms. The van der Waals surface area contributed by atoms with E-state index in [1.54, 1.807) is 6.07 Å². The normalized spacial score (nSPS) is 13.5. The molecule has 5 heteroatoms. The maximum absolute atomic E-state index is 12.2. The fourth-order valence-corrected chi connectivity index (χ4v) is 4.14. The summed E-state index contributed by atoms with van der Waals surface area (Å²) in [6.45, 7) is 7.33. The average molecular weight is 398 g/mol. The van der Waals surface area contributed by atoms with E-state index in [9.17, 15) is 4.79 Å². The van der Waals surface area contributed by atoms with Crippen LogP contribution < -0.4 is 15.3 Å². The Morgan fingerprint density at radius 1 is 1.21 bits per heavy atom. The molecule has 2 aromatic carbocycles. The number of anilines is 1. The molecular formula is C23H24ClNO3. The zero-order chi connectivity index (χ0) is 19.8. The lowest BCUT2D eigenvalue weighted by Crippen LogP contribution is -2.33. The van der Waals surface area contributed by atoms with Gasteiger partial charge in [0.25, 0.3) is 0 Å². The highest BCUT2D eigenvalue weighted by molar-refractivity contribution is 6.33. The van der Waals surface area contributed by atoms with Gasteiger partial charge >= 0.3 is 5.63 Å². The Hall–Kier alpha value is -2.46. The van der Waals surface area contributed by atoms with Gasteiger partial charge in [-0.25, -0.2) is 4.79 Å². The first kappa shape index (κ1) is 18.9. The van der Waals surface area contributed by atoms with Crippen LogP contribution in [0.15, 0.2) is 39.5 Å². The van der Waals surface area contributed by atoms with Gasteiger partial charge in [-0.15, -0.1) is 0 Å². The molecule has 4 nitrogen and oxygen atoms in total. The topological polar surface area (TPSA) is 42.7 Å². The minimum Gasteiger partial charge on any atom is -0.471 e. The molecule has 0 saturated heterocycles. The van der Waals surface area contributed by atoms with Crippen molar-refractivity contribution in [1.82, 2.24) is 0 Å². The van der Waals surface area contributed by atoms with Gasteiger partial charge in [-0.1, -0.05) is 37.1 Å². The zero-order valence-corrected chi connectivity index (χ0v) is 17.2. The largest absolute Gasteiger partial charge is 0.471 e. The summed E-state index contributed by atoms with van der Waals surface area (Å²) < 4.78 is 11.7. The standard InChI is InChI=1S/C23H24ClNO3/c1-4-5-8-16-10-21(26)28-22-17(16)11-19(24)23-18(22)12-25(13-27-23)20-9-6-7-14(2)15(20)3/h6-7,9-11H,4-5,8,12-13H2,1-3H3. The first-order chi connectivity index (χ1) is 13.5. The molecule has 0 bridgehead atoms. The van der Waals surface area contributed by atoms with Crippen LogP contribution in [0.5, 0.6) is 5.75 Å². The molecule has 1 aromatic heterocycles. The van der Waals surface area contributed by atoms with Gasteiger partial charge < -0.3 is 14.1 Å². The Balaban J connectivity index is 1.86. The van der Waals surface area contributed by atoms with Crippen LogP contribution in [0.1, 0.15) is 42.0 Å². The summed E-state index contributed by atoms with van der Waals surface area (Å²) >= 11 is 6.55. The summed E-state index contributed by atoms with van der Waals surface area (Å²) in [7, 11) is 0. The van der Waals surface area contributed by atoms with Gasteiger partial charge in [0, 0.05) is 17.1 Å². The van der Waals surface area contributed by atoms with Crippen LogP contribution in [-0.4, -0.2) is 6.73 Å². The van der Waals surface area contributed by atoms with Gasteiger partial charge in [0.15, 0.2) is 6.73 Å². The van der Waals surface area contributed by atoms with Crippen molar-refractivity contribution in [3.05, 3.63) is 68.0 Å². The summed E-state index contributed by atoms with van der Waals surface area (Å²) in [6, 6.07) is 9.70. The van der Waals surface area contributed by atoms with E-state index in [2.05, 4.69) is 37.8 Å². The Kier molecular flexibility index (Phi) is 5.07. The molecule has 28 heavy (non-hydrogen) atoms. The smallest absolute Gasteiger partial charge is 0.336 e. The molecule has 0 amide bonds. The highest BCUT2D eigenvalue weighted by atomic mass is 35.5. The van der Waals surface area contributed by atoms with E-state index in [1.165, 1.54) is 11.1 Å². The van der Waals surface area contributed by atoms with E-state index >= 15 is 0 Å². The minimum atomic E-state index is -0.327. The Bertz CT molecular complexity index is 1100. The molecule has 3 aromatic rings. The SMILES string of the molecule is CCCCc1cc(=O)oc2c3c(c(Cl)cc12)OCN(c1cccc(C)c1C)C3. The number of hydrogen-bond acceptors (Lipinski definition) is 4. The molecule has 0 fully saturated rings. The van der Waals surface area contributed by atoms with Crippen molar-refractivity contribution in [1.29, 1.82) is 0 Å². The molecule has 0 N–H and O–H groups in total. The maximum Gasteiger partial charge on any atom is 0.336 e. The molecule has 0 unspecified atom stereocenters. The number of ether oxygens (including phenoxy) is 1. The number of aryl methyl sites for hydroxylation is 2. The van der Waals surface area contributed by atoms with E-state index in [-0.39, 0.29) is 5.63 Å². The van der Waals surface area contributed by atoms with Crippen LogP contribution in [0.25, 0.3) is 11.0 Å². The van der Waals surface area contributed by atoms with Crippen molar-refractivity contribution in [3.8, 4) is 5.75 Å². The van der Waals surface area contributed by atoms with Crippen LogP contribution in [0, 0.1) is 13.8 Å². The van der Waals surface area contributed by atoms with Crippen LogP contribution in [-0.2, 0) is 13.0 Å². The van der Waals surface area contributed by atoms with Gasteiger partial charge in [0.05, 0.1) is 17.1 Å². The zero-order valence-electron chi connectivity index (χ0n) is 16.5. The van der Waals surface area contributed by atoms with E-state index in [1.807, 2.05) is 12.1 Å². The molecule has 0 aliphatic carbocycles. The highest BCUT2D eigenvalue weighted by Crippen LogP contribution is 2.41. The van der Waals surface area contributed by atoms with Gasteiger partial charge in [-0.05, 0) is 55.5 Å². The first-order valence-electron chi connectivity index (χ1n) is 9.71. The third-order valence-electron chi connectivity index (χ3n) is 5.55. The number of fused-ring (bicyclic) bond motifs is 3. The predicted octanol–water partition coefficient (Wildman–Crippen LogP) is 5.76. The molecule has 2 heterocycles. The van der Waals surface area contributed by atoms with Gasteiger partial charge in [0.2, 0.25) is 0 Å². The lowest BCUT2D eigenvalue weighted by molar-refractivity contribution is 0.289. The number of hydrogen-bond donors (Lipinski definition) is 0. The van der Waals surface area contributed by atoms with Crippen molar-refractivity contribution in [2.24, 2.45) is 0 Å². The van der Waals surface area contributed by atoms with Crippen LogP contribution in [0.2, 0.25) is 5.02 Å². The van der Waals surface area contributed by atoms with Gasteiger partial charge in [0.1, 0.15) is 11.3 Å². The van der Waals surface area contributed by atoms with Crippen molar-refractivity contribution in [2.45, 2.75) is 46.6 Å². The van der Waals surface area contributed by atoms with Crippen molar-refractivity contribution in [2.75, 3.05) is 11.6 Å². The maximum atomic E-state index is 12.2. The third-order valence-corrected chi connectivity index (χ3v) is 5.83. The van der Waals surface area contributed by atoms with E-state index in [0.717, 1.165) is 41.5 Å². The van der Waals surface area contributed by atoms with Gasteiger partial charge in [-0.3, -0.25) is 0 Å². The number of halogens is 1. The number of unbranched alkanes of at least 4 members (excludes halogenated alkanes) is 1. The molecule has 1 aliphatic heterocycles. The van der Waals surface area contributed by atoms with Crippen LogP contribution in [0.3, 0.4) is 0 Å². The van der Waals surface area contributed by atoms with Crippen molar-refractivity contribution >= 4 is 28.3 Å². The Morgan fingerprint density at radius 2 is 2.04 bits per heavy atom. The molecule has 0 atom stereocenters. The van der Waals surface area contributed by atoms with Crippen LogP contribution in [0.4, 0.5) is 5.69 Å². The lowest BCUT2D eigenvalue weighted by Gasteiger charge is -2.33. The lowest BCUT2D eigenvalue weighted by atomic mass is 10.00. The molecule has 4 rings (SSSR count). The average Bonchev–Trinajstić information content (AvgIpc) is 2.69. The summed E-state index contributed by atoms with van der Waals surface area (Å²) in [4.78, 5) is 14.4. The van der Waals surface area contributed by atoms with Crippen molar-refractivity contribution in [3.63, 3.8) is 0 Å². The summed E-state index contributed by atoms with van der Waals surface area (Å²) in [5, 5.41) is 1.47. The second-order valence-corrected chi connectivity index (χ2v) is 7.83. The fourth-order valence-electron chi connectivity index (χ4n) is 3.86. The predicted molar refractivity (Wildman–Crippen MR) is 114 cm³/mol. The van der Waals surface area contributed by atoms with Gasteiger partial charge in [-0.2, -0.15) is 0 Å². The Labute approximate surface area is 169 Å². The van der Waals surface area contributed by atoms with E-state index < -0.39 is 0 Å². The minimum absolute atomic E-state index is 0.327. The monoisotopic (exact) mass is 397 g/mol. The fraction of sp³-hybridized carbons (Fsp3) is 0.348. The van der Waals surface area contributed by atoms with Crippen molar-refractivity contribution < 1.29 is 9.15 Å². The summed E-state index contributed by atoms with van der Waals surface area (Å²) in [5.74, 6) is 0.617. The highest BCUT2D eigenvalue weighted by Gasteiger charge is 2.26. The summed E-state index contributed by atoms with van der Waals surface area (Å²) in [6.07, 6.45) is 2.90. The number of rotatable bonds is 4. The molecular weight excluding hydrogens is 374 g/mol. The molecule has 1 aliphatic rings. The molecule has 146 valence electrons. The third kappa shape index (κ3) is 3.26. The molecule has 0 saturated carbocycles. The van der Waals surface area contributed by atoms with E-state index in [4.69, 9.17) is 20.8 Å². The quantitative estimate of drug-likeness (QED) is 0.525. The second-order valence-electron chi connectivity index (χ2n) is 7.43. The number of nitrogens with zero attached hydrogens (tertiary/aromatic N) is 1. The Morgan fingerprint density at radius 3 is 2.82 bits per heavy atom. The van der Waals surface area contributed by atoms with E-state index in [0.29, 0.717) is 29.6 Å². The summed E-state index contributed by atoms with van der Waals surface area (Å²) in [5.41, 5.74) is 5.65. The molecule has 0 radical (unpaired) electrons.